The van der Waals surface area contributed by atoms with Gasteiger partial charge in [0.1, 0.15) is 12.0 Å². The number of carbonyl (C=O) groups is 1. The Labute approximate surface area is 170 Å². The van der Waals surface area contributed by atoms with E-state index in [1.165, 1.54) is 13.4 Å². The monoisotopic (exact) mass is 401 g/mol. The lowest BCUT2D eigenvalue weighted by atomic mass is 10.2. The minimum absolute atomic E-state index is 0.164. The van der Waals surface area contributed by atoms with Crippen LogP contribution in [0.4, 0.5) is 0 Å². The number of ether oxygens (including phenoxy) is 4. The van der Waals surface area contributed by atoms with Gasteiger partial charge in [0.25, 0.3) is 0 Å². The van der Waals surface area contributed by atoms with Crippen molar-refractivity contribution in [3.8, 4) is 5.75 Å². The Morgan fingerprint density at radius 3 is 2.76 bits per heavy atom. The number of oxazole rings is 1. The van der Waals surface area contributed by atoms with Crippen molar-refractivity contribution in [1.29, 1.82) is 0 Å². The molecule has 1 saturated carbocycles. The summed E-state index contributed by atoms with van der Waals surface area (Å²) in [5.74, 6) is 1.81. The van der Waals surface area contributed by atoms with Crippen LogP contribution in [0.5, 0.6) is 5.75 Å². The first-order valence-electron chi connectivity index (χ1n) is 9.57. The quantitative estimate of drug-likeness (QED) is 0.421. The van der Waals surface area contributed by atoms with Crippen LogP contribution in [-0.2, 0) is 27.2 Å². The number of hydrogen-bond donors (Lipinski definition) is 0. The predicted octanol–water partition coefficient (Wildman–Crippen LogP) is 3.44. The summed E-state index contributed by atoms with van der Waals surface area (Å²) in [5, 5.41) is 0. The fourth-order valence-electron chi connectivity index (χ4n) is 3.02. The molecule has 0 spiro atoms. The summed E-state index contributed by atoms with van der Waals surface area (Å²) in [6, 6.07) is 7.91. The van der Waals surface area contributed by atoms with Crippen LogP contribution < -0.4 is 4.74 Å². The summed E-state index contributed by atoms with van der Waals surface area (Å²) in [4.78, 5) is 15.6. The SMILES string of the molecule is COC(=O)c1coc(C[C@H](/C=C/[C@@H]2C[C@@H]2COCc2ccc(OC)cc2)OC)n1. The van der Waals surface area contributed by atoms with Crippen LogP contribution in [0.25, 0.3) is 0 Å². The Bertz CT molecular complexity index is 813. The number of carbonyl (C=O) groups excluding carboxylic acids is 1. The summed E-state index contributed by atoms with van der Waals surface area (Å²) >= 11 is 0. The van der Waals surface area contributed by atoms with Gasteiger partial charge in [-0.05, 0) is 36.0 Å². The van der Waals surface area contributed by atoms with Gasteiger partial charge in [0.05, 0.1) is 40.0 Å². The number of esters is 1. The van der Waals surface area contributed by atoms with Gasteiger partial charge in [-0.2, -0.15) is 0 Å². The van der Waals surface area contributed by atoms with Crippen LogP contribution in [0.15, 0.2) is 47.1 Å². The van der Waals surface area contributed by atoms with Crippen molar-refractivity contribution in [1.82, 2.24) is 4.98 Å². The molecule has 0 radical (unpaired) electrons. The van der Waals surface area contributed by atoms with E-state index < -0.39 is 5.97 Å². The van der Waals surface area contributed by atoms with Gasteiger partial charge in [0, 0.05) is 7.11 Å². The largest absolute Gasteiger partial charge is 0.497 e. The second-order valence-electron chi connectivity index (χ2n) is 7.00. The zero-order valence-electron chi connectivity index (χ0n) is 17.0. The third kappa shape index (κ3) is 6.17. The molecule has 1 aliphatic rings. The Morgan fingerprint density at radius 2 is 2.07 bits per heavy atom. The Balaban J connectivity index is 1.39. The average Bonchev–Trinajstić information content (AvgIpc) is 3.34. The zero-order chi connectivity index (χ0) is 20.6. The molecule has 7 nitrogen and oxygen atoms in total. The maximum atomic E-state index is 11.4. The number of allylic oxidation sites excluding steroid dienone is 1. The lowest BCUT2D eigenvalue weighted by molar-refractivity contribution is 0.0593. The fourth-order valence-corrected chi connectivity index (χ4v) is 3.02. The van der Waals surface area contributed by atoms with Gasteiger partial charge in [-0.3, -0.25) is 0 Å². The second-order valence-corrected chi connectivity index (χ2v) is 7.00. The molecule has 156 valence electrons. The highest BCUT2D eigenvalue weighted by atomic mass is 16.5. The molecule has 29 heavy (non-hydrogen) atoms. The maximum Gasteiger partial charge on any atom is 0.360 e. The average molecular weight is 401 g/mol. The highest BCUT2D eigenvalue weighted by Crippen LogP contribution is 2.40. The lowest BCUT2D eigenvalue weighted by Gasteiger charge is -2.08. The van der Waals surface area contributed by atoms with E-state index in [1.54, 1.807) is 14.2 Å². The summed E-state index contributed by atoms with van der Waals surface area (Å²) in [6.07, 6.45) is 6.89. The molecule has 0 bridgehead atoms. The van der Waals surface area contributed by atoms with Gasteiger partial charge in [0.2, 0.25) is 0 Å². The molecule has 1 aromatic heterocycles. The molecule has 3 rings (SSSR count). The van der Waals surface area contributed by atoms with Gasteiger partial charge in [-0.15, -0.1) is 0 Å². The van der Waals surface area contributed by atoms with E-state index in [-0.39, 0.29) is 11.8 Å². The highest BCUT2D eigenvalue weighted by molar-refractivity contribution is 5.86. The van der Waals surface area contributed by atoms with Crippen molar-refractivity contribution in [2.75, 3.05) is 27.9 Å². The Morgan fingerprint density at radius 1 is 1.28 bits per heavy atom. The number of methoxy groups -OCH3 is 3. The first-order chi connectivity index (χ1) is 14.1. The molecule has 0 aliphatic heterocycles. The van der Waals surface area contributed by atoms with Gasteiger partial charge in [0.15, 0.2) is 11.6 Å². The van der Waals surface area contributed by atoms with Crippen LogP contribution in [0, 0.1) is 11.8 Å². The van der Waals surface area contributed by atoms with E-state index in [4.69, 9.17) is 18.6 Å². The number of benzene rings is 1. The van der Waals surface area contributed by atoms with Crippen LogP contribution in [0.3, 0.4) is 0 Å². The summed E-state index contributed by atoms with van der Waals surface area (Å²) in [5.41, 5.74) is 1.30. The molecule has 1 aromatic carbocycles. The smallest absolute Gasteiger partial charge is 0.360 e. The number of rotatable bonds is 11. The van der Waals surface area contributed by atoms with Crippen molar-refractivity contribution in [3.63, 3.8) is 0 Å². The van der Waals surface area contributed by atoms with E-state index in [0.29, 0.717) is 30.8 Å². The lowest BCUT2D eigenvalue weighted by Crippen LogP contribution is -2.11. The third-order valence-electron chi connectivity index (χ3n) is 4.93. The second kappa shape index (κ2) is 10.2. The molecular formula is C22H27NO6. The zero-order valence-corrected chi connectivity index (χ0v) is 17.0. The maximum absolute atomic E-state index is 11.4. The van der Waals surface area contributed by atoms with E-state index in [1.807, 2.05) is 30.3 Å². The first kappa shape index (κ1) is 21.1. The number of hydrogen-bond acceptors (Lipinski definition) is 7. The molecular weight excluding hydrogens is 374 g/mol. The van der Waals surface area contributed by atoms with Gasteiger partial charge >= 0.3 is 5.97 Å². The van der Waals surface area contributed by atoms with Gasteiger partial charge < -0.3 is 23.4 Å². The van der Waals surface area contributed by atoms with Crippen molar-refractivity contribution < 1.29 is 28.2 Å². The normalized spacial score (nSPS) is 19.3. The third-order valence-corrected chi connectivity index (χ3v) is 4.93. The molecule has 2 aromatic rings. The molecule has 0 saturated heterocycles. The van der Waals surface area contributed by atoms with Crippen LogP contribution in [0.1, 0.15) is 28.4 Å². The summed E-state index contributed by atoms with van der Waals surface area (Å²) in [6.45, 7) is 1.34. The molecule has 1 fully saturated rings. The Hall–Kier alpha value is -2.64. The minimum Gasteiger partial charge on any atom is -0.497 e. The topological polar surface area (TPSA) is 80.0 Å². The number of aromatic nitrogens is 1. The van der Waals surface area contributed by atoms with E-state index in [0.717, 1.165) is 24.3 Å². The van der Waals surface area contributed by atoms with E-state index in [9.17, 15) is 4.79 Å². The van der Waals surface area contributed by atoms with Crippen LogP contribution in [0.2, 0.25) is 0 Å². The van der Waals surface area contributed by atoms with E-state index >= 15 is 0 Å². The van der Waals surface area contributed by atoms with Crippen molar-refractivity contribution in [2.24, 2.45) is 11.8 Å². The highest BCUT2D eigenvalue weighted by Gasteiger charge is 2.35. The standard InChI is InChI=1S/C22H27NO6/c1-25-18-7-4-15(5-8-18)12-28-13-17-10-16(17)6-9-19(26-2)11-21-23-20(14-29-21)22(24)27-3/h4-9,14,16-17,19H,10-13H2,1-3H3/b9-6+/t16-,17-,19+/m1/s1. The van der Waals surface area contributed by atoms with Crippen molar-refractivity contribution >= 4 is 5.97 Å². The first-order valence-corrected chi connectivity index (χ1v) is 9.57. The molecule has 7 heteroatoms. The fraction of sp³-hybridized carbons (Fsp3) is 0.455. The molecule has 1 heterocycles. The van der Waals surface area contributed by atoms with Crippen molar-refractivity contribution in [2.45, 2.75) is 25.6 Å². The molecule has 3 atom stereocenters. The summed E-state index contributed by atoms with van der Waals surface area (Å²) in [7, 11) is 4.61. The minimum atomic E-state index is -0.514. The molecule has 1 aliphatic carbocycles. The van der Waals surface area contributed by atoms with Crippen molar-refractivity contribution in [3.05, 3.63) is 59.8 Å². The summed E-state index contributed by atoms with van der Waals surface area (Å²) < 4.78 is 26.4. The van der Waals surface area contributed by atoms with Crippen LogP contribution in [-0.4, -0.2) is 45.0 Å². The van der Waals surface area contributed by atoms with Gasteiger partial charge in [-0.1, -0.05) is 24.3 Å². The Kier molecular flexibility index (Phi) is 7.43. The number of nitrogens with zero attached hydrogens (tertiary/aromatic N) is 1. The van der Waals surface area contributed by atoms with Gasteiger partial charge in [-0.25, -0.2) is 9.78 Å². The molecule has 0 unspecified atom stereocenters. The van der Waals surface area contributed by atoms with E-state index in [2.05, 4.69) is 15.8 Å². The predicted molar refractivity (Wildman–Crippen MR) is 106 cm³/mol. The molecule has 0 N–H and O–H groups in total. The molecule has 0 amide bonds. The van der Waals surface area contributed by atoms with Crippen LogP contribution >= 0.6 is 0 Å².